The van der Waals surface area contributed by atoms with E-state index in [1.165, 1.54) is 12.7 Å². The molecule has 0 bridgehead atoms. The Balaban J connectivity index is 1.52. The Bertz CT molecular complexity index is 815. The summed E-state index contributed by atoms with van der Waals surface area (Å²) >= 11 is 0. The molecule has 2 amide bonds. The smallest absolute Gasteiger partial charge is 0.253 e. The zero-order valence-corrected chi connectivity index (χ0v) is 17.6. The van der Waals surface area contributed by atoms with Crippen LogP contribution in [0.5, 0.6) is 0 Å². The molecule has 2 aliphatic heterocycles. The maximum Gasteiger partial charge on any atom is 0.253 e. The number of fused-ring (bicyclic) bond motifs is 1. The highest BCUT2D eigenvalue weighted by atomic mass is 32.2. The number of aryl methyl sites for hydroxylation is 1. The third kappa shape index (κ3) is 5.55. The van der Waals surface area contributed by atoms with Gasteiger partial charge in [-0.1, -0.05) is 30.3 Å². The van der Waals surface area contributed by atoms with Crippen molar-refractivity contribution >= 4 is 21.8 Å². The average molecular weight is 424 g/mol. The molecule has 2 atom stereocenters. The first-order valence-electron chi connectivity index (χ1n) is 10.0. The second kappa shape index (κ2) is 9.69. The number of sulfonamides is 1. The molecule has 0 spiro atoms. The maximum absolute atomic E-state index is 12.8. The number of nitrogens with one attached hydrogen (secondary N) is 1. The first kappa shape index (κ1) is 21.7. The van der Waals surface area contributed by atoms with E-state index in [-0.39, 0.29) is 30.9 Å². The highest BCUT2D eigenvalue weighted by Crippen LogP contribution is 2.24. The molecule has 0 saturated carbocycles. The van der Waals surface area contributed by atoms with E-state index in [1.54, 1.807) is 0 Å². The number of benzene rings is 1. The number of hydrogen-bond donors (Lipinski definition) is 1. The van der Waals surface area contributed by atoms with Crippen molar-refractivity contribution in [2.75, 3.05) is 39.1 Å². The van der Waals surface area contributed by atoms with Crippen molar-refractivity contribution in [1.82, 2.24) is 14.5 Å². The predicted octanol–water partition coefficient (Wildman–Crippen LogP) is 0.387. The van der Waals surface area contributed by atoms with Crippen LogP contribution >= 0.6 is 0 Å². The average Bonchev–Trinajstić information content (AvgIpc) is 3.06. The highest BCUT2D eigenvalue weighted by molar-refractivity contribution is 7.89. The van der Waals surface area contributed by atoms with Gasteiger partial charge in [-0.2, -0.15) is 0 Å². The third-order valence-corrected chi connectivity index (χ3v) is 7.21. The van der Waals surface area contributed by atoms with E-state index in [2.05, 4.69) is 5.32 Å². The fourth-order valence-electron chi connectivity index (χ4n) is 3.98. The van der Waals surface area contributed by atoms with Crippen molar-refractivity contribution in [3.8, 4) is 0 Å². The van der Waals surface area contributed by atoms with Crippen LogP contribution in [0.4, 0.5) is 0 Å². The van der Waals surface area contributed by atoms with Gasteiger partial charge in [0, 0.05) is 32.7 Å². The van der Waals surface area contributed by atoms with E-state index in [0.29, 0.717) is 25.9 Å². The lowest BCUT2D eigenvalue weighted by Crippen LogP contribution is -2.45. The van der Waals surface area contributed by atoms with Gasteiger partial charge < -0.3 is 10.1 Å². The minimum absolute atomic E-state index is 0.0263. The van der Waals surface area contributed by atoms with Gasteiger partial charge in [-0.05, 0) is 24.8 Å². The van der Waals surface area contributed by atoms with E-state index >= 15 is 0 Å². The van der Waals surface area contributed by atoms with Crippen LogP contribution in [-0.4, -0.2) is 80.6 Å². The second-order valence-electron chi connectivity index (χ2n) is 7.57. The predicted molar refractivity (Wildman–Crippen MR) is 109 cm³/mol. The van der Waals surface area contributed by atoms with Crippen molar-refractivity contribution in [2.24, 2.45) is 0 Å². The Kier molecular flexibility index (Phi) is 7.26. The zero-order chi connectivity index (χ0) is 20.9. The lowest BCUT2D eigenvalue weighted by molar-refractivity contribution is -0.131. The zero-order valence-electron chi connectivity index (χ0n) is 16.7. The molecule has 2 heterocycles. The summed E-state index contributed by atoms with van der Waals surface area (Å²) in [5.74, 6) is -0.545. The molecule has 2 saturated heterocycles. The summed E-state index contributed by atoms with van der Waals surface area (Å²) in [5, 5.41) is 3.02. The van der Waals surface area contributed by atoms with Gasteiger partial charge in [0.05, 0.1) is 24.9 Å². The number of nitrogens with zero attached hydrogens (tertiary/aromatic N) is 2. The molecule has 3 rings (SSSR count). The van der Waals surface area contributed by atoms with Gasteiger partial charge in [0.15, 0.2) is 0 Å². The largest absolute Gasteiger partial charge is 0.383 e. The molecular formula is C20H29N3O5S. The van der Waals surface area contributed by atoms with Gasteiger partial charge in [0.2, 0.25) is 15.9 Å². The van der Waals surface area contributed by atoms with Crippen LogP contribution in [0.15, 0.2) is 30.3 Å². The van der Waals surface area contributed by atoms with Crippen molar-refractivity contribution < 1.29 is 22.7 Å². The third-order valence-electron chi connectivity index (χ3n) is 5.48. The van der Waals surface area contributed by atoms with Gasteiger partial charge >= 0.3 is 0 Å². The summed E-state index contributed by atoms with van der Waals surface area (Å²) in [4.78, 5) is 27.0. The van der Waals surface area contributed by atoms with Crippen LogP contribution in [0.2, 0.25) is 0 Å². The number of amides is 2. The van der Waals surface area contributed by atoms with Gasteiger partial charge in [-0.15, -0.1) is 0 Å². The van der Waals surface area contributed by atoms with Crippen LogP contribution in [0.25, 0.3) is 0 Å². The molecule has 1 N–H and O–H groups in total. The molecule has 1 aromatic carbocycles. The van der Waals surface area contributed by atoms with Gasteiger partial charge in [0.25, 0.3) is 5.91 Å². The topological polar surface area (TPSA) is 96.0 Å². The Morgan fingerprint density at radius 2 is 2.03 bits per heavy atom. The van der Waals surface area contributed by atoms with E-state index in [0.717, 1.165) is 17.1 Å². The number of methoxy groups -OCH3 is 1. The summed E-state index contributed by atoms with van der Waals surface area (Å²) in [6.45, 7) is 0.981. The fraction of sp³-hybridized carbons (Fsp3) is 0.600. The molecule has 2 fully saturated rings. The number of rotatable bonds is 8. The van der Waals surface area contributed by atoms with E-state index < -0.39 is 22.0 Å². The first-order valence-corrected chi connectivity index (χ1v) is 11.6. The molecule has 29 heavy (non-hydrogen) atoms. The number of carbonyl (C=O) groups excluding carboxylic acids is 2. The van der Waals surface area contributed by atoms with Gasteiger partial charge in [0.1, 0.15) is 0 Å². The lowest BCUT2D eigenvalue weighted by Gasteiger charge is -2.23. The molecule has 9 heteroatoms. The lowest BCUT2D eigenvalue weighted by atomic mass is 10.1. The summed E-state index contributed by atoms with van der Waals surface area (Å²) in [7, 11) is -2.16. The maximum atomic E-state index is 12.8. The summed E-state index contributed by atoms with van der Waals surface area (Å²) in [6.07, 6.45) is 2.47. The number of ether oxygens (including phenoxy) is 1. The molecule has 0 aliphatic carbocycles. The molecule has 1 aromatic rings. The van der Waals surface area contributed by atoms with Crippen LogP contribution in [0, 0.1) is 0 Å². The molecule has 0 radical (unpaired) electrons. The number of hydrogen-bond acceptors (Lipinski definition) is 6. The summed E-state index contributed by atoms with van der Waals surface area (Å²) in [6, 6.07) is 9.38. The minimum Gasteiger partial charge on any atom is -0.383 e. The van der Waals surface area contributed by atoms with E-state index in [9.17, 15) is 18.0 Å². The van der Waals surface area contributed by atoms with E-state index in [4.69, 9.17) is 4.74 Å². The SMILES string of the molecule is COCCN1C(=O)[C@@H]2C[C@H](NC(=O)CCCc3ccccc3)CN2CCS1(=O)=O. The number of carbonyl (C=O) groups is 2. The summed E-state index contributed by atoms with van der Waals surface area (Å²) < 4.78 is 30.7. The molecule has 0 unspecified atom stereocenters. The highest BCUT2D eigenvalue weighted by Gasteiger charge is 2.45. The Hall–Kier alpha value is -1.97. The second-order valence-corrected chi connectivity index (χ2v) is 9.58. The molecule has 160 valence electrons. The van der Waals surface area contributed by atoms with Crippen LogP contribution in [-0.2, 0) is 30.8 Å². The van der Waals surface area contributed by atoms with Crippen molar-refractivity contribution in [2.45, 2.75) is 37.8 Å². The molecule has 2 aliphatic rings. The van der Waals surface area contributed by atoms with Gasteiger partial charge in [-0.25, -0.2) is 12.7 Å². The van der Waals surface area contributed by atoms with Crippen LogP contribution in [0.1, 0.15) is 24.8 Å². The minimum atomic E-state index is -3.63. The van der Waals surface area contributed by atoms with E-state index in [1.807, 2.05) is 35.2 Å². The van der Waals surface area contributed by atoms with Gasteiger partial charge in [-0.3, -0.25) is 14.5 Å². The Labute approximate surface area is 172 Å². The Morgan fingerprint density at radius 1 is 1.28 bits per heavy atom. The molecule has 8 nitrogen and oxygen atoms in total. The van der Waals surface area contributed by atoms with Crippen LogP contribution in [0.3, 0.4) is 0 Å². The Morgan fingerprint density at radius 3 is 2.76 bits per heavy atom. The van der Waals surface area contributed by atoms with Crippen molar-refractivity contribution in [1.29, 1.82) is 0 Å². The summed E-state index contributed by atoms with van der Waals surface area (Å²) in [5.41, 5.74) is 1.21. The quantitative estimate of drug-likeness (QED) is 0.650. The van der Waals surface area contributed by atoms with Crippen molar-refractivity contribution in [3.05, 3.63) is 35.9 Å². The molecule has 0 aromatic heterocycles. The first-order chi connectivity index (χ1) is 13.9. The standard InChI is InChI=1S/C20H29N3O5S/c1-28-12-10-23-20(25)18-14-17(15-22(18)11-13-29(23,26)27)21-19(24)9-5-8-16-6-3-2-4-7-16/h2-4,6-7,17-18H,5,8-15H2,1H3,(H,21,24)/t17-,18-/m0/s1. The molecular weight excluding hydrogens is 394 g/mol. The fourth-order valence-corrected chi connectivity index (χ4v) is 5.41. The van der Waals surface area contributed by atoms with Crippen LogP contribution < -0.4 is 5.32 Å². The van der Waals surface area contributed by atoms with Crippen molar-refractivity contribution in [3.63, 3.8) is 0 Å². The normalized spacial score (nSPS) is 24.2. The monoisotopic (exact) mass is 423 g/mol.